The molecular weight excluding hydrogens is 320 g/mol. The summed E-state index contributed by atoms with van der Waals surface area (Å²) >= 11 is 1.63. The predicted octanol–water partition coefficient (Wildman–Crippen LogP) is 3.13. The third-order valence-electron chi connectivity index (χ3n) is 5.39. The quantitative estimate of drug-likeness (QED) is 0.896. The third kappa shape index (κ3) is 3.26. The Labute approximate surface area is 146 Å². The van der Waals surface area contributed by atoms with Gasteiger partial charge in [0.15, 0.2) is 0 Å². The lowest BCUT2D eigenvalue weighted by Crippen LogP contribution is -2.51. The van der Waals surface area contributed by atoms with Gasteiger partial charge < -0.3 is 10.2 Å². The Morgan fingerprint density at radius 2 is 2.25 bits per heavy atom. The van der Waals surface area contributed by atoms with Gasteiger partial charge in [-0.2, -0.15) is 16.4 Å². The van der Waals surface area contributed by atoms with Crippen LogP contribution in [0.3, 0.4) is 0 Å². The summed E-state index contributed by atoms with van der Waals surface area (Å²) in [6, 6.07) is 4.52. The number of carbonyl (C=O) groups excluding carboxylic acids is 1. The molecule has 6 heteroatoms. The Morgan fingerprint density at radius 1 is 1.33 bits per heavy atom. The molecule has 0 saturated carbocycles. The van der Waals surface area contributed by atoms with Gasteiger partial charge in [-0.25, -0.2) is 0 Å². The molecule has 0 spiro atoms. The van der Waals surface area contributed by atoms with Crippen LogP contribution < -0.4 is 5.32 Å². The maximum atomic E-state index is 12.4. The molecule has 2 N–H and O–H groups in total. The molecule has 2 saturated heterocycles. The number of aromatic nitrogens is 2. The molecule has 128 valence electrons. The molecule has 4 heterocycles. The molecule has 2 aliphatic rings. The van der Waals surface area contributed by atoms with Gasteiger partial charge in [0.2, 0.25) is 0 Å². The minimum absolute atomic E-state index is 0.0445. The van der Waals surface area contributed by atoms with E-state index < -0.39 is 0 Å². The van der Waals surface area contributed by atoms with Crippen LogP contribution in [0.25, 0.3) is 11.3 Å². The van der Waals surface area contributed by atoms with Crippen molar-refractivity contribution in [2.45, 2.75) is 38.1 Å². The van der Waals surface area contributed by atoms with Gasteiger partial charge in [0.05, 0.1) is 5.69 Å². The number of hydrogen-bond acceptors (Lipinski definition) is 4. The van der Waals surface area contributed by atoms with Crippen molar-refractivity contribution >= 4 is 17.2 Å². The van der Waals surface area contributed by atoms with Crippen molar-refractivity contribution in [1.29, 1.82) is 0 Å². The summed E-state index contributed by atoms with van der Waals surface area (Å²) in [6.07, 6.45) is 6.42. The van der Waals surface area contributed by atoms with Crippen LogP contribution in [0.2, 0.25) is 0 Å². The summed E-state index contributed by atoms with van der Waals surface area (Å²) in [5, 5.41) is 14.3. The van der Waals surface area contributed by atoms with E-state index in [4.69, 9.17) is 0 Å². The fraction of sp³-hybridized carbons (Fsp3) is 0.556. The first-order chi connectivity index (χ1) is 11.8. The van der Waals surface area contributed by atoms with Crippen LogP contribution >= 0.6 is 11.3 Å². The summed E-state index contributed by atoms with van der Waals surface area (Å²) in [7, 11) is 0. The highest BCUT2D eigenvalue weighted by Crippen LogP contribution is 2.30. The zero-order valence-electron chi connectivity index (χ0n) is 13.8. The number of nitrogens with one attached hydrogen (secondary N) is 2. The molecule has 2 aromatic rings. The van der Waals surface area contributed by atoms with Crippen LogP contribution in [-0.2, 0) is 0 Å². The lowest BCUT2D eigenvalue weighted by molar-refractivity contribution is 0.0575. The predicted molar refractivity (Wildman–Crippen MR) is 96.2 cm³/mol. The number of amides is 1. The molecule has 0 radical (unpaired) electrons. The van der Waals surface area contributed by atoms with Crippen molar-refractivity contribution in [1.82, 2.24) is 20.4 Å². The van der Waals surface area contributed by atoms with Crippen LogP contribution in [0.15, 0.2) is 22.9 Å². The Kier molecular flexibility index (Phi) is 4.67. The van der Waals surface area contributed by atoms with Crippen LogP contribution in [0.4, 0.5) is 0 Å². The largest absolute Gasteiger partial charge is 0.350 e. The van der Waals surface area contributed by atoms with Gasteiger partial charge in [0.1, 0.15) is 5.69 Å². The SMILES string of the molecule is O=C(NC[C@@H]1CCCN2CCCC[C@H]12)c1cc(-c2ccsc2)n[nH]1. The molecule has 0 unspecified atom stereocenters. The number of hydrogen-bond donors (Lipinski definition) is 2. The molecule has 5 nitrogen and oxygen atoms in total. The normalized spacial score (nSPS) is 24.5. The summed E-state index contributed by atoms with van der Waals surface area (Å²) in [6.45, 7) is 3.24. The molecule has 24 heavy (non-hydrogen) atoms. The number of H-pyrrole nitrogens is 1. The molecule has 4 rings (SSSR count). The number of thiophene rings is 1. The van der Waals surface area contributed by atoms with E-state index in [1.54, 1.807) is 11.3 Å². The number of aromatic amines is 1. The monoisotopic (exact) mass is 344 g/mol. The zero-order chi connectivity index (χ0) is 16.4. The molecule has 2 fully saturated rings. The smallest absolute Gasteiger partial charge is 0.269 e. The fourth-order valence-corrected chi connectivity index (χ4v) is 4.78. The average Bonchev–Trinajstić information content (AvgIpc) is 3.30. The average molecular weight is 344 g/mol. The van der Waals surface area contributed by atoms with E-state index in [-0.39, 0.29) is 5.91 Å². The Morgan fingerprint density at radius 3 is 3.12 bits per heavy atom. The molecule has 2 atom stereocenters. The minimum Gasteiger partial charge on any atom is -0.350 e. The lowest BCUT2D eigenvalue weighted by Gasteiger charge is -2.44. The number of piperidine rings is 2. The summed E-state index contributed by atoms with van der Waals surface area (Å²) < 4.78 is 0. The number of rotatable bonds is 4. The van der Waals surface area contributed by atoms with Gasteiger partial charge in [-0.15, -0.1) is 0 Å². The van der Waals surface area contributed by atoms with Gasteiger partial charge in [0, 0.05) is 23.5 Å². The van der Waals surface area contributed by atoms with Crippen molar-refractivity contribution in [3.05, 3.63) is 28.6 Å². The van der Waals surface area contributed by atoms with E-state index in [1.165, 1.54) is 45.2 Å². The van der Waals surface area contributed by atoms with E-state index in [9.17, 15) is 4.79 Å². The van der Waals surface area contributed by atoms with Gasteiger partial charge in [-0.1, -0.05) is 6.42 Å². The van der Waals surface area contributed by atoms with E-state index in [2.05, 4.69) is 20.4 Å². The van der Waals surface area contributed by atoms with Gasteiger partial charge in [-0.3, -0.25) is 9.89 Å². The maximum absolute atomic E-state index is 12.4. The Bertz CT molecular complexity index is 679. The summed E-state index contributed by atoms with van der Waals surface area (Å²) in [4.78, 5) is 15.1. The van der Waals surface area contributed by atoms with Gasteiger partial charge in [-0.05, 0) is 62.2 Å². The number of nitrogens with zero attached hydrogens (tertiary/aromatic N) is 2. The van der Waals surface area contributed by atoms with Crippen molar-refractivity contribution in [2.75, 3.05) is 19.6 Å². The van der Waals surface area contributed by atoms with Crippen LogP contribution in [-0.4, -0.2) is 46.7 Å². The van der Waals surface area contributed by atoms with Crippen LogP contribution in [0.1, 0.15) is 42.6 Å². The Balaban J connectivity index is 1.36. The highest BCUT2D eigenvalue weighted by molar-refractivity contribution is 7.08. The topological polar surface area (TPSA) is 61.0 Å². The van der Waals surface area contributed by atoms with E-state index in [1.807, 2.05) is 22.9 Å². The lowest BCUT2D eigenvalue weighted by atomic mass is 9.83. The van der Waals surface area contributed by atoms with E-state index in [0.29, 0.717) is 17.7 Å². The molecule has 1 amide bonds. The van der Waals surface area contributed by atoms with Crippen molar-refractivity contribution in [2.24, 2.45) is 5.92 Å². The van der Waals surface area contributed by atoms with Crippen molar-refractivity contribution in [3.63, 3.8) is 0 Å². The summed E-state index contributed by atoms with van der Waals surface area (Å²) in [5.74, 6) is 0.541. The zero-order valence-corrected chi connectivity index (χ0v) is 14.6. The van der Waals surface area contributed by atoms with Crippen molar-refractivity contribution in [3.8, 4) is 11.3 Å². The summed E-state index contributed by atoms with van der Waals surface area (Å²) in [5.41, 5.74) is 2.44. The molecule has 0 aromatic carbocycles. The molecule has 2 aromatic heterocycles. The van der Waals surface area contributed by atoms with Crippen molar-refractivity contribution < 1.29 is 4.79 Å². The molecular formula is C18H24N4OS. The van der Waals surface area contributed by atoms with E-state index in [0.717, 1.165) is 17.8 Å². The standard InChI is InChI=1S/C18H24N4OS/c23-18(16-10-15(20-21-16)14-6-9-24-12-14)19-11-13-4-3-8-22-7-2-1-5-17(13)22/h6,9-10,12-13,17H,1-5,7-8,11H2,(H,19,23)(H,20,21)/t13-,17+/m0/s1. The molecule has 2 aliphatic heterocycles. The first-order valence-corrected chi connectivity index (χ1v) is 9.86. The van der Waals surface area contributed by atoms with Gasteiger partial charge >= 0.3 is 0 Å². The second kappa shape index (κ2) is 7.07. The first kappa shape index (κ1) is 15.8. The molecule has 0 bridgehead atoms. The highest BCUT2D eigenvalue weighted by atomic mass is 32.1. The van der Waals surface area contributed by atoms with Crippen LogP contribution in [0.5, 0.6) is 0 Å². The van der Waals surface area contributed by atoms with Crippen LogP contribution in [0, 0.1) is 5.92 Å². The van der Waals surface area contributed by atoms with E-state index >= 15 is 0 Å². The van der Waals surface area contributed by atoms with Gasteiger partial charge in [0.25, 0.3) is 5.91 Å². The second-order valence-corrected chi connectivity index (χ2v) is 7.67. The number of fused-ring (bicyclic) bond motifs is 1. The molecule has 0 aliphatic carbocycles. The second-order valence-electron chi connectivity index (χ2n) is 6.89. The number of carbonyl (C=O) groups is 1. The fourth-order valence-electron chi connectivity index (χ4n) is 4.13. The highest BCUT2D eigenvalue weighted by Gasteiger charge is 2.33. The minimum atomic E-state index is -0.0445. The first-order valence-electron chi connectivity index (χ1n) is 8.91. The Hall–Kier alpha value is -1.66. The maximum Gasteiger partial charge on any atom is 0.269 e. The third-order valence-corrected chi connectivity index (χ3v) is 6.08.